The summed E-state index contributed by atoms with van der Waals surface area (Å²) in [5.41, 5.74) is -2.85. The van der Waals surface area contributed by atoms with E-state index in [2.05, 4.69) is 0 Å². The van der Waals surface area contributed by atoms with E-state index in [0.29, 0.717) is 0 Å². The van der Waals surface area contributed by atoms with Gasteiger partial charge in [-0.1, -0.05) is 0 Å². The largest absolute Gasteiger partial charge is 0.755 e. The number of alkyl halides is 2. The molecule has 100 valence electrons. The third kappa shape index (κ3) is 3.12. The Morgan fingerprint density at radius 3 is 2.18 bits per heavy atom. The molecule has 0 aliphatic heterocycles. The molecule has 0 radical (unpaired) electrons. The minimum Gasteiger partial charge on any atom is -0.755 e. The van der Waals surface area contributed by atoms with Gasteiger partial charge in [-0.3, -0.25) is 4.21 Å². The summed E-state index contributed by atoms with van der Waals surface area (Å²) in [6, 6.07) is 0. The van der Waals surface area contributed by atoms with Crippen LogP contribution < -0.4 is 0 Å². The lowest BCUT2D eigenvalue weighted by atomic mass is 10.2. The molecule has 1 saturated carbocycles. The lowest BCUT2D eigenvalue weighted by Gasteiger charge is -2.33. The molecule has 1 rings (SSSR count). The summed E-state index contributed by atoms with van der Waals surface area (Å²) in [6.45, 7) is 4.58. The molecule has 0 aromatic heterocycles. The summed E-state index contributed by atoms with van der Waals surface area (Å²) in [6.07, 6.45) is -4.26. The third-order valence-electron chi connectivity index (χ3n) is 2.28. The summed E-state index contributed by atoms with van der Waals surface area (Å²) < 4.78 is 52.2. The molecule has 1 unspecified atom stereocenters. The Hall–Kier alpha value is -0.760. The standard InChI is InChI=1S/C9H15F2NO4S/c1-8(2,3)16-7(13)12(17(14)15)9(4-5-9)6(10)11/h6H,4-5H2,1-3H3,(H,14,15)/p-1. The first-order valence-corrected chi connectivity index (χ1v) is 6.04. The zero-order valence-electron chi connectivity index (χ0n) is 9.74. The summed E-state index contributed by atoms with van der Waals surface area (Å²) in [7, 11) is 0. The number of carbonyl (C=O) groups is 1. The molecule has 1 atom stereocenters. The molecule has 0 aromatic rings. The fraction of sp³-hybridized carbons (Fsp3) is 0.889. The quantitative estimate of drug-likeness (QED) is 0.733. The van der Waals surface area contributed by atoms with Gasteiger partial charge in [0.25, 0.3) is 6.43 Å². The SMILES string of the molecule is CC(C)(C)OC(=O)N(S(=O)[O-])C1(C(F)F)CC1. The number of hydrogen-bond donors (Lipinski definition) is 0. The molecule has 1 amide bonds. The smallest absolute Gasteiger partial charge is 0.422 e. The number of nitrogens with zero attached hydrogens (tertiary/aromatic N) is 1. The Morgan fingerprint density at radius 2 is 1.94 bits per heavy atom. The lowest BCUT2D eigenvalue weighted by molar-refractivity contribution is 0.00304. The molecule has 0 aromatic carbocycles. The normalized spacial score (nSPS) is 19.9. The summed E-state index contributed by atoms with van der Waals surface area (Å²) in [5.74, 6) is 0. The predicted molar refractivity (Wildman–Crippen MR) is 55.0 cm³/mol. The van der Waals surface area contributed by atoms with Crippen LogP contribution in [-0.2, 0) is 16.0 Å². The van der Waals surface area contributed by atoms with Crippen molar-refractivity contribution in [2.24, 2.45) is 0 Å². The summed E-state index contributed by atoms with van der Waals surface area (Å²) in [4.78, 5) is 11.6. The number of rotatable bonds is 3. The Labute approximate surface area is 101 Å². The van der Waals surface area contributed by atoms with Gasteiger partial charge >= 0.3 is 6.09 Å². The maximum absolute atomic E-state index is 12.8. The highest BCUT2D eigenvalue weighted by molar-refractivity contribution is 7.77. The topological polar surface area (TPSA) is 69.7 Å². The molecule has 17 heavy (non-hydrogen) atoms. The van der Waals surface area contributed by atoms with Crippen molar-refractivity contribution < 1.29 is 27.1 Å². The van der Waals surface area contributed by atoms with Gasteiger partial charge in [-0.25, -0.2) is 17.9 Å². The van der Waals surface area contributed by atoms with Gasteiger partial charge in [0.1, 0.15) is 11.1 Å². The zero-order valence-corrected chi connectivity index (χ0v) is 10.6. The average Bonchev–Trinajstić information content (AvgIpc) is 2.80. The number of halogens is 2. The van der Waals surface area contributed by atoms with Crippen LogP contribution in [0, 0.1) is 0 Å². The maximum atomic E-state index is 12.8. The van der Waals surface area contributed by atoms with Gasteiger partial charge < -0.3 is 9.29 Å². The van der Waals surface area contributed by atoms with Gasteiger partial charge in [0.05, 0.1) is 11.3 Å². The van der Waals surface area contributed by atoms with Crippen LogP contribution in [-0.4, -0.2) is 36.7 Å². The van der Waals surface area contributed by atoms with E-state index in [1.165, 1.54) is 20.8 Å². The van der Waals surface area contributed by atoms with Crippen LogP contribution >= 0.6 is 0 Å². The highest BCUT2D eigenvalue weighted by Crippen LogP contribution is 2.47. The van der Waals surface area contributed by atoms with E-state index in [9.17, 15) is 22.3 Å². The second-order valence-electron chi connectivity index (χ2n) is 4.90. The van der Waals surface area contributed by atoms with Gasteiger partial charge in [-0.05, 0) is 33.6 Å². The second-order valence-corrected chi connectivity index (χ2v) is 5.70. The van der Waals surface area contributed by atoms with Gasteiger partial charge in [0, 0.05) is 0 Å². The van der Waals surface area contributed by atoms with Gasteiger partial charge in [0.15, 0.2) is 0 Å². The van der Waals surface area contributed by atoms with Crippen LogP contribution in [0.3, 0.4) is 0 Å². The Bertz CT molecular complexity index is 338. The molecule has 1 aliphatic carbocycles. The molecule has 0 saturated heterocycles. The van der Waals surface area contributed by atoms with Gasteiger partial charge in [-0.15, -0.1) is 0 Å². The number of hydrogen-bond acceptors (Lipinski definition) is 4. The third-order valence-corrected chi connectivity index (χ3v) is 3.09. The Balaban J connectivity index is 2.88. The minimum absolute atomic E-state index is 0.0438. The molecule has 1 fully saturated rings. The van der Waals surface area contributed by atoms with Crippen LogP contribution in [0.1, 0.15) is 33.6 Å². The summed E-state index contributed by atoms with van der Waals surface area (Å²) >= 11 is -3.07. The van der Waals surface area contributed by atoms with E-state index in [1.54, 1.807) is 0 Å². The van der Waals surface area contributed by atoms with Crippen LogP contribution in [0.4, 0.5) is 13.6 Å². The molecule has 0 spiro atoms. The molecule has 8 heteroatoms. The number of amides is 1. The molecule has 1 aliphatic rings. The van der Waals surface area contributed by atoms with E-state index >= 15 is 0 Å². The van der Waals surface area contributed by atoms with Crippen molar-refractivity contribution in [1.82, 2.24) is 4.31 Å². The van der Waals surface area contributed by atoms with Crippen molar-refractivity contribution in [3.8, 4) is 0 Å². The zero-order chi connectivity index (χ0) is 13.4. The first-order chi connectivity index (χ1) is 7.60. The maximum Gasteiger partial charge on any atom is 0.422 e. The molecule has 5 nitrogen and oxygen atoms in total. The van der Waals surface area contributed by atoms with Crippen LogP contribution in [0.5, 0.6) is 0 Å². The van der Waals surface area contributed by atoms with Crippen LogP contribution in [0.2, 0.25) is 0 Å². The Kier molecular flexibility index (Phi) is 3.78. The second kappa shape index (κ2) is 4.49. The van der Waals surface area contributed by atoms with E-state index in [-0.39, 0.29) is 17.1 Å². The fourth-order valence-corrected chi connectivity index (χ4v) is 2.05. The van der Waals surface area contributed by atoms with E-state index in [1.807, 2.05) is 0 Å². The average molecular weight is 270 g/mol. The van der Waals surface area contributed by atoms with Crippen LogP contribution in [0.25, 0.3) is 0 Å². The predicted octanol–water partition coefficient (Wildman–Crippen LogP) is 1.82. The lowest BCUT2D eigenvalue weighted by Crippen LogP contribution is -2.49. The monoisotopic (exact) mass is 270 g/mol. The van der Waals surface area contributed by atoms with E-state index in [0.717, 1.165) is 0 Å². The van der Waals surface area contributed by atoms with E-state index < -0.39 is 34.9 Å². The Morgan fingerprint density at radius 1 is 1.47 bits per heavy atom. The van der Waals surface area contributed by atoms with Crippen LogP contribution in [0.15, 0.2) is 0 Å². The molecule has 0 heterocycles. The molecular formula is C9H14F2NO4S-. The first-order valence-electron chi connectivity index (χ1n) is 5.01. The molecular weight excluding hydrogens is 256 g/mol. The van der Waals surface area contributed by atoms with Crippen molar-refractivity contribution in [1.29, 1.82) is 0 Å². The van der Waals surface area contributed by atoms with Crippen molar-refractivity contribution in [2.75, 3.05) is 0 Å². The first kappa shape index (κ1) is 14.3. The number of ether oxygens (including phenoxy) is 1. The van der Waals surface area contributed by atoms with Crippen molar-refractivity contribution >= 4 is 17.4 Å². The van der Waals surface area contributed by atoms with Crippen molar-refractivity contribution in [2.45, 2.75) is 51.2 Å². The summed E-state index contributed by atoms with van der Waals surface area (Å²) in [5, 5.41) is 0. The highest BCUT2D eigenvalue weighted by Gasteiger charge is 2.59. The number of carbonyl (C=O) groups excluding carboxylic acids is 1. The molecule has 0 N–H and O–H groups in total. The van der Waals surface area contributed by atoms with Gasteiger partial charge in [0.2, 0.25) is 0 Å². The van der Waals surface area contributed by atoms with Crippen molar-refractivity contribution in [3.05, 3.63) is 0 Å². The van der Waals surface area contributed by atoms with Crippen molar-refractivity contribution in [3.63, 3.8) is 0 Å². The molecule has 0 bridgehead atoms. The van der Waals surface area contributed by atoms with Gasteiger partial charge in [-0.2, -0.15) is 0 Å². The highest BCUT2D eigenvalue weighted by atomic mass is 32.2. The minimum atomic E-state index is -3.07. The fourth-order valence-electron chi connectivity index (χ4n) is 1.33. The van der Waals surface area contributed by atoms with E-state index in [4.69, 9.17) is 4.74 Å².